The summed E-state index contributed by atoms with van der Waals surface area (Å²) in [7, 11) is 1.28. The van der Waals surface area contributed by atoms with Gasteiger partial charge in [-0.05, 0) is 40.6 Å². The minimum absolute atomic E-state index is 0.0264. The number of para-hydroxylation sites is 1. The molecule has 0 bridgehead atoms. The van der Waals surface area contributed by atoms with Crippen molar-refractivity contribution in [2.24, 2.45) is 0 Å². The first-order valence-electron chi connectivity index (χ1n) is 6.19. The lowest BCUT2D eigenvalue weighted by atomic mass is 10.1. The van der Waals surface area contributed by atoms with Crippen molar-refractivity contribution in [1.82, 2.24) is 9.78 Å². The predicted octanol–water partition coefficient (Wildman–Crippen LogP) is 4.18. The number of nitrogens with zero attached hydrogens (tertiary/aromatic N) is 2. The Morgan fingerprint density at radius 1 is 1.48 bits per heavy atom. The Balaban J connectivity index is 2.77. The Bertz CT molecular complexity index is 680. The lowest BCUT2D eigenvalue weighted by Crippen LogP contribution is -2.08. The summed E-state index contributed by atoms with van der Waals surface area (Å²) < 4.78 is 20.9. The van der Waals surface area contributed by atoms with Crippen LogP contribution < -0.4 is 0 Å². The molecular formula is C14H13ClFIN2O2. The van der Waals surface area contributed by atoms with Gasteiger partial charge in [0.1, 0.15) is 11.5 Å². The molecule has 0 saturated carbocycles. The van der Waals surface area contributed by atoms with Crippen molar-refractivity contribution >= 4 is 40.2 Å². The van der Waals surface area contributed by atoms with Gasteiger partial charge < -0.3 is 4.74 Å². The van der Waals surface area contributed by atoms with E-state index in [0.717, 1.165) is 0 Å². The standard InChI is InChI=1S/C14H13ClFIN2O2/c1-7(2)12-10(17)11(14(20)21-3)18-19(12)13-8(15)5-4-6-9(13)16/h4-7H,1-3H3. The SMILES string of the molecule is COC(=O)c1nn(-c2c(F)cccc2Cl)c(C(C)C)c1I. The molecule has 4 nitrogen and oxygen atoms in total. The summed E-state index contributed by atoms with van der Waals surface area (Å²) in [6, 6.07) is 4.40. The van der Waals surface area contributed by atoms with Crippen molar-refractivity contribution in [3.63, 3.8) is 0 Å². The molecule has 0 amide bonds. The molecule has 0 N–H and O–H groups in total. The number of rotatable bonds is 3. The van der Waals surface area contributed by atoms with Crippen LogP contribution in [0.4, 0.5) is 4.39 Å². The number of esters is 1. The molecule has 0 saturated heterocycles. The van der Waals surface area contributed by atoms with Crippen LogP contribution in [0, 0.1) is 9.39 Å². The van der Waals surface area contributed by atoms with Crippen LogP contribution in [-0.2, 0) is 4.74 Å². The summed E-state index contributed by atoms with van der Waals surface area (Å²) in [5.74, 6) is -1.04. The van der Waals surface area contributed by atoms with Crippen molar-refractivity contribution < 1.29 is 13.9 Å². The van der Waals surface area contributed by atoms with Crippen LogP contribution in [-0.4, -0.2) is 22.9 Å². The van der Waals surface area contributed by atoms with Crippen LogP contribution >= 0.6 is 34.2 Å². The number of ether oxygens (including phenoxy) is 1. The Morgan fingerprint density at radius 3 is 2.67 bits per heavy atom. The highest BCUT2D eigenvalue weighted by Crippen LogP contribution is 2.31. The van der Waals surface area contributed by atoms with Gasteiger partial charge in [0.2, 0.25) is 0 Å². The molecule has 0 spiro atoms. The van der Waals surface area contributed by atoms with E-state index in [1.807, 2.05) is 36.4 Å². The van der Waals surface area contributed by atoms with Gasteiger partial charge >= 0.3 is 5.97 Å². The van der Waals surface area contributed by atoms with Gasteiger partial charge in [0.05, 0.1) is 21.4 Å². The third-order valence-electron chi connectivity index (χ3n) is 2.94. The quantitative estimate of drug-likeness (QED) is 0.551. The predicted molar refractivity (Wildman–Crippen MR) is 86.7 cm³/mol. The molecule has 0 unspecified atom stereocenters. The van der Waals surface area contributed by atoms with E-state index in [0.29, 0.717) is 9.26 Å². The van der Waals surface area contributed by atoms with E-state index in [1.54, 1.807) is 6.07 Å². The maximum absolute atomic E-state index is 14.1. The highest BCUT2D eigenvalue weighted by atomic mass is 127. The highest BCUT2D eigenvalue weighted by molar-refractivity contribution is 14.1. The van der Waals surface area contributed by atoms with Crippen LogP contribution in [0.25, 0.3) is 5.69 Å². The summed E-state index contributed by atoms with van der Waals surface area (Å²) in [6.07, 6.45) is 0. The number of carbonyl (C=O) groups is 1. The highest BCUT2D eigenvalue weighted by Gasteiger charge is 2.26. The van der Waals surface area contributed by atoms with E-state index in [9.17, 15) is 9.18 Å². The van der Waals surface area contributed by atoms with Crippen molar-refractivity contribution in [3.05, 3.63) is 44.0 Å². The fourth-order valence-corrected chi connectivity index (χ4v) is 3.42. The zero-order chi connectivity index (χ0) is 15.7. The fourth-order valence-electron chi connectivity index (χ4n) is 2.00. The minimum atomic E-state index is -0.562. The van der Waals surface area contributed by atoms with E-state index in [4.69, 9.17) is 16.3 Å². The molecule has 21 heavy (non-hydrogen) atoms. The molecule has 2 rings (SSSR count). The first kappa shape index (κ1) is 16.2. The number of carbonyl (C=O) groups excluding carboxylic acids is 1. The average Bonchev–Trinajstić information content (AvgIpc) is 2.75. The maximum Gasteiger partial charge on any atom is 0.359 e. The fraction of sp³-hybridized carbons (Fsp3) is 0.286. The molecule has 1 aromatic carbocycles. The summed E-state index contributed by atoms with van der Waals surface area (Å²) in [5.41, 5.74) is 1.00. The zero-order valence-corrected chi connectivity index (χ0v) is 14.6. The zero-order valence-electron chi connectivity index (χ0n) is 11.7. The maximum atomic E-state index is 14.1. The lowest BCUT2D eigenvalue weighted by Gasteiger charge is -2.12. The molecule has 7 heteroatoms. The molecule has 0 fully saturated rings. The monoisotopic (exact) mass is 422 g/mol. The van der Waals surface area contributed by atoms with Gasteiger partial charge in [0.15, 0.2) is 5.69 Å². The Morgan fingerprint density at radius 2 is 2.14 bits per heavy atom. The number of halogens is 3. The number of hydrogen-bond acceptors (Lipinski definition) is 3. The molecule has 1 heterocycles. The summed E-state index contributed by atoms with van der Waals surface area (Å²) in [6.45, 7) is 3.87. The van der Waals surface area contributed by atoms with Crippen molar-refractivity contribution in [3.8, 4) is 5.69 Å². The van der Waals surface area contributed by atoms with E-state index in [1.165, 1.54) is 23.9 Å². The summed E-state index contributed by atoms with van der Waals surface area (Å²) in [5, 5.41) is 4.43. The van der Waals surface area contributed by atoms with Crippen molar-refractivity contribution in [1.29, 1.82) is 0 Å². The minimum Gasteiger partial charge on any atom is -0.464 e. The first-order chi connectivity index (χ1) is 9.88. The van der Waals surface area contributed by atoms with Crippen LogP contribution in [0.5, 0.6) is 0 Å². The molecule has 0 atom stereocenters. The van der Waals surface area contributed by atoms with Crippen molar-refractivity contribution in [2.45, 2.75) is 19.8 Å². The van der Waals surface area contributed by atoms with E-state index in [2.05, 4.69) is 5.10 Å². The second-order valence-electron chi connectivity index (χ2n) is 4.68. The second kappa shape index (κ2) is 6.31. The molecule has 112 valence electrons. The topological polar surface area (TPSA) is 44.1 Å². The van der Waals surface area contributed by atoms with E-state index in [-0.39, 0.29) is 22.3 Å². The van der Waals surface area contributed by atoms with Crippen LogP contribution in [0.15, 0.2) is 18.2 Å². The first-order valence-corrected chi connectivity index (χ1v) is 7.65. The molecule has 0 aliphatic carbocycles. The number of aromatic nitrogens is 2. The summed E-state index contributed by atoms with van der Waals surface area (Å²) >= 11 is 8.11. The number of methoxy groups -OCH3 is 1. The van der Waals surface area contributed by atoms with Gasteiger partial charge in [0, 0.05) is 0 Å². The number of benzene rings is 1. The van der Waals surface area contributed by atoms with Crippen LogP contribution in [0.1, 0.15) is 35.9 Å². The van der Waals surface area contributed by atoms with Gasteiger partial charge in [-0.3, -0.25) is 0 Å². The molecule has 2 aromatic rings. The third-order valence-corrected chi connectivity index (χ3v) is 4.30. The molecule has 0 aliphatic heterocycles. The van der Waals surface area contributed by atoms with E-state index >= 15 is 0 Å². The van der Waals surface area contributed by atoms with E-state index < -0.39 is 11.8 Å². The van der Waals surface area contributed by atoms with Gasteiger partial charge in [-0.15, -0.1) is 0 Å². The second-order valence-corrected chi connectivity index (χ2v) is 6.16. The Labute approximate surface area is 140 Å². The Kier molecular flexibility index (Phi) is 4.88. The summed E-state index contributed by atoms with van der Waals surface area (Å²) in [4.78, 5) is 11.8. The van der Waals surface area contributed by atoms with Gasteiger partial charge in [0.25, 0.3) is 0 Å². The largest absolute Gasteiger partial charge is 0.464 e. The van der Waals surface area contributed by atoms with Crippen LogP contribution in [0.2, 0.25) is 5.02 Å². The molecular weight excluding hydrogens is 410 g/mol. The third kappa shape index (κ3) is 2.91. The molecule has 1 aromatic heterocycles. The van der Waals surface area contributed by atoms with Crippen LogP contribution in [0.3, 0.4) is 0 Å². The van der Waals surface area contributed by atoms with Gasteiger partial charge in [-0.25, -0.2) is 13.9 Å². The Hall–Kier alpha value is -1.15. The number of hydrogen-bond donors (Lipinski definition) is 0. The molecule has 0 radical (unpaired) electrons. The average molecular weight is 423 g/mol. The van der Waals surface area contributed by atoms with Gasteiger partial charge in [-0.2, -0.15) is 5.10 Å². The lowest BCUT2D eigenvalue weighted by molar-refractivity contribution is 0.0592. The normalized spacial score (nSPS) is 11.0. The van der Waals surface area contributed by atoms with Gasteiger partial charge in [-0.1, -0.05) is 31.5 Å². The smallest absolute Gasteiger partial charge is 0.359 e. The molecule has 0 aliphatic rings. The van der Waals surface area contributed by atoms with Crippen molar-refractivity contribution in [2.75, 3.05) is 7.11 Å².